The monoisotopic (exact) mass is 285 g/mol. The molecule has 0 aliphatic heterocycles. The highest BCUT2D eigenvalue weighted by atomic mass is 35.5. The first-order valence-electron chi connectivity index (χ1n) is 6.88. The van der Waals surface area contributed by atoms with Gasteiger partial charge in [0.15, 0.2) is 0 Å². The maximum absolute atomic E-state index is 6.20. The van der Waals surface area contributed by atoms with Gasteiger partial charge in [0.25, 0.3) is 0 Å². The predicted octanol–water partition coefficient (Wildman–Crippen LogP) is 4.70. The highest BCUT2D eigenvalue weighted by molar-refractivity contribution is 6.33. The summed E-state index contributed by atoms with van der Waals surface area (Å²) in [5.74, 6) is 0.884. The van der Waals surface area contributed by atoms with Gasteiger partial charge in [0.1, 0.15) is 0 Å². The first-order chi connectivity index (χ1) is 8.70. The maximum Gasteiger partial charge on any atom is 0.0439 e. The van der Waals surface area contributed by atoms with Crippen molar-refractivity contribution in [2.24, 2.45) is 5.92 Å². The van der Waals surface area contributed by atoms with Crippen molar-refractivity contribution in [3.05, 3.63) is 33.8 Å². The molecule has 1 unspecified atom stereocenters. The van der Waals surface area contributed by atoms with E-state index in [9.17, 15) is 0 Å². The van der Waals surface area contributed by atoms with Gasteiger partial charge in [0.2, 0.25) is 0 Å². The van der Waals surface area contributed by atoms with Crippen LogP contribution in [0, 0.1) is 5.92 Å². The number of hydrogen-bond acceptors (Lipinski definition) is 1. The molecule has 3 heteroatoms. The first kappa shape index (κ1) is 14.2. The van der Waals surface area contributed by atoms with E-state index in [4.69, 9.17) is 23.2 Å². The molecule has 1 fully saturated rings. The molecule has 0 saturated heterocycles. The summed E-state index contributed by atoms with van der Waals surface area (Å²) in [7, 11) is 0. The van der Waals surface area contributed by atoms with Crippen LogP contribution in [0.1, 0.15) is 38.2 Å². The highest BCUT2D eigenvalue weighted by Crippen LogP contribution is 2.35. The van der Waals surface area contributed by atoms with E-state index in [1.54, 1.807) is 0 Å². The maximum atomic E-state index is 6.20. The summed E-state index contributed by atoms with van der Waals surface area (Å²) in [4.78, 5) is 0. The highest BCUT2D eigenvalue weighted by Gasteiger charge is 2.30. The Labute approximate surface area is 120 Å². The summed E-state index contributed by atoms with van der Waals surface area (Å²) in [6.07, 6.45) is 6.12. The largest absolute Gasteiger partial charge is 0.314 e. The lowest BCUT2D eigenvalue weighted by Gasteiger charge is -2.18. The molecule has 1 atom stereocenters. The second-order valence-electron chi connectivity index (χ2n) is 5.17. The Morgan fingerprint density at radius 3 is 2.78 bits per heavy atom. The van der Waals surface area contributed by atoms with Crippen LogP contribution in [0.5, 0.6) is 0 Å². The number of aryl methyl sites for hydroxylation is 1. The number of halogens is 2. The summed E-state index contributed by atoms with van der Waals surface area (Å²) >= 11 is 12.2. The minimum absolute atomic E-state index is 0.653. The van der Waals surface area contributed by atoms with Crippen molar-refractivity contribution in [3.8, 4) is 0 Å². The summed E-state index contributed by atoms with van der Waals surface area (Å²) in [5, 5.41) is 5.27. The van der Waals surface area contributed by atoms with Crippen molar-refractivity contribution >= 4 is 23.2 Å². The molecular weight excluding hydrogens is 265 g/mol. The summed E-state index contributed by atoms with van der Waals surface area (Å²) in [5.41, 5.74) is 1.17. The fourth-order valence-electron chi connectivity index (χ4n) is 2.38. The van der Waals surface area contributed by atoms with Crippen LogP contribution in [0.4, 0.5) is 0 Å². The van der Waals surface area contributed by atoms with E-state index in [0.29, 0.717) is 6.04 Å². The molecule has 0 radical (unpaired) electrons. The molecule has 0 spiro atoms. The van der Waals surface area contributed by atoms with Gasteiger partial charge in [-0.1, -0.05) is 30.1 Å². The molecule has 1 aromatic carbocycles. The number of benzene rings is 1. The summed E-state index contributed by atoms with van der Waals surface area (Å²) in [6.45, 7) is 3.33. The molecule has 0 aromatic heterocycles. The molecule has 18 heavy (non-hydrogen) atoms. The average molecular weight is 286 g/mol. The molecule has 0 heterocycles. The van der Waals surface area contributed by atoms with Crippen molar-refractivity contribution in [2.75, 3.05) is 6.54 Å². The van der Waals surface area contributed by atoms with Gasteiger partial charge in [0, 0.05) is 16.1 Å². The molecule has 0 amide bonds. The van der Waals surface area contributed by atoms with Gasteiger partial charge in [0.05, 0.1) is 0 Å². The topological polar surface area (TPSA) is 12.0 Å². The smallest absolute Gasteiger partial charge is 0.0439 e. The lowest BCUT2D eigenvalue weighted by Crippen LogP contribution is -2.32. The number of nitrogens with one attached hydrogen (secondary N) is 1. The fourth-order valence-corrected chi connectivity index (χ4v) is 2.79. The Balaban J connectivity index is 1.89. The third kappa shape index (κ3) is 4.15. The summed E-state index contributed by atoms with van der Waals surface area (Å²) < 4.78 is 0. The molecule has 1 aliphatic rings. The van der Waals surface area contributed by atoms with E-state index in [-0.39, 0.29) is 0 Å². The fraction of sp³-hybridized carbons (Fsp3) is 0.600. The van der Waals surface area contributed by atoms with E-state index in [1.165, 1.54) is 24.8 Å². The van der Waals surface area contributed by atoms with Crippen molar-refractivity contribution < 1.29 is 0 Å². The van der Waals surface area contributed by atoms with Gasteiger partial charge >= 0.3 is 0 Å². The molecular formula is C15H21Cl2N. The van der Waals surface area contributed by atoms with Gasteiger partial charge in [-0.2, -0.15) is 0 Å². The molecule has 1 saturated carbocycles. The molecule has 100 valence electrons. The van der Waals surface area contributed by atoms with Gasteiger partial charge in [-0.15, -0.1) is 0 Å². The van der Waals surface area contributed by atoms with Gasteiger partial charge in [-0.3, -0.25) is 0 Å². The second kappa shape index (κ2) is 6.79. The van der Waals surface area contributed by atoms with Crippen LogP contribution in [0.25, 0.3) is 0 Å². The molecule has 2 rings (SSSR count). The van der Waals surface area contributed by atoms with E-state index >= 15 is 0 Å². The molecule has 0 bridgehead atoms. The Morgan fingerprint density at radius 2 is 2.11 bits per heavy atom. The Bertz CT molecular complexity index is 388. The summed E-state index contributed by atoms with van der Waals surface area (Å²) in [6, 6.07) is 6.39. The lowest BCUT2D eigenvalue weighted by atomic mass is 10.0. The molecule has 1 N–H and O–H groups in total. The molecule has 1 aromatic rings. The van der Waals surface area contributed by atoms with E-state index in [2.05, 4.69) is 12.2 Å². The van der Waals surface area contributed by atoms with Crippen LogP contribution in [-0.4, -0.2) is 12.6 Å². The quantitative estimate of drug-likeness (QED) is 0.765. The zero-order valence-corrected chi connectivity index (χ0v) is 12.4. The van der Waals surface area contributed by atoms with Crippen LogP contribution in [0.2, 0.25) is 10.0 Å². The van der Waals surface area contributed by atoms with Crippen LogP contribution >= 0.6 is 23.2 Å². The van der Waals surface area contributed by atoms with Gasteiger partial charge in [-0.25, -0.2) is 0 Å². The van der Waals surface area contributed by atoms with Crippen LogP contribution < -0.4 is 5.32 Å². The third-order valence-corrected chi connectivity index (χ3v) is 4.18. The normalized spacial score (nSPS) is 16.8. The standard InChI is InChI=1S/C15H21Cl2N/c1-2-9-18-15(11-3-4-11)8-5-12-10-13(16)6-7-14(12)17/h6-7,10-11,15,18H,2-5,8-9H2,1H3. The second-order valence-corrected chi connectivity index (χ2v) is 6.02. The van der Waals surface area contributed by atoms with E-state index in [0.717, 1.165) is 35.3 Å². The van der Waals surface area contributed by atoms with Gasteiger partial charge < -0.3 is 5.32 Å². The number of hydrogen-bond donors (Lipinski definition) is 1. The predicted molar refractivity (Wildman–Crippen MR) is 79.6 cm³/mol. The van der Waals surface area contributed by atoms with E-state index in [1.807, 2.05) is 18.2 Å². The Morgan fingerprint density at radius 1 is 1.33 bits per heavy atom. The zero-order chi connectivity index (χ0) is 13.0. The van der Waals surface area contributed by atoms with E-state index < -0.39 is 0 Å². The zero-order valence-electron chi connectivity index (χ0n) is 10.9. The third-order valence-electron chi connectivity index (χ3n) is 3.58. The van der Waals surface area contributed by atoms with Crippen LogP contribution in [-0.2, 0) is 6.42 Å². The first-order valence-corrected chi connectivity index (χ1v) is 7.63. The van der Waals surface area contributed by atoms with Crippen LogP contribution in [0.15, 0.2) is 18.2 Å². The molecule has 1 nitrogen and oxygen atoms in total. The minimum atomic E-state index is 0.653. The van der Waals surface area contributed by atoms with Crippen molar-refractivity contribution in [3.63, 3.8) is 0 Å². The average Bonchev–Trinajstić information content (AvgIpc) is 3.17. The van der Waals surface area contributed by atoms with Gasteiger partial charge in [-0.05, 0) is 68.3 Å². The number of rotatable bonds is 7. The van der Waals surface area contributed by atoms with Crippen LogP contribution in [0.3, 0.4) is 0 Å². The lowest BCUT2D eigenvalue weighted by molar-refractivity contribution is 0.436. The molecule has 1 aliphatic carbocycles. The SMILES string of the molecule is CCCNC(CCc1cc(Cl)ccc1Cl)C1CC1. The minimum Gasteiger partial charge on any atom is -0.314 e. The Hall–Kier alpha value is -0.240. The van der Waals surface area contributed by atoms with Crippen molar-refractivity contribution in [2.45, 2.75) is 45.1 Å². The van der Waals surface area contributed by atoms with Crippen molar-refractivity contribution in [1.82, 2.24) is 5.32 Å². The Kier molecular flexibility index (Phi) is 5.35. The van der Waals surface area contributed by atoms with Crippen molar-refractivity contribution in [1.29, 1.82) is 0 Å².